The van der Waals surface area contributed by atoms with Crippen LogP contribution in [-0.2, 0) is 22.6 Å². The van der Waals surface area contributed by atoms with E-state index in [0.717, 1.165) is 48.4 Å². The van der Waals surface area contributed by atoms with Crippen LogP contribution in [0.25, 0.3) is 0 Å². The minimum atomic E-state index is 0.0385. The second kappa shape index (κ2) is 10.4. The van der Waals surface area contributed by atoms with Gasteiger partial charge >= 0.3 is 0 Å². The number of piperidine rings is 1. The van der Waals surface area contributed by atoms with Gasteiger partial charge in [0.15, 0.2) is 11.5 Å². The van der Waals surface area contributed by atoms with Gasteiger partial charge in [-0.25, -0.2) is 0 Å². The molecule has 7 nitrogen and oxygen atoms in total. The van der Waals surface area contributed by atoms with Crippen molar-refractivity contribution in [3.8, 4) is 17.2 Å². The van der Waals surface area contributed by atoms with Crippen molar-refractivity contribution in [1.29, 1.82) is 0 Å². The molecule has 32 heavy (non-hydrogen) atoms. The summed E-state index contributed by atoms with van der Waals surface area (Å²) in [5, 5.41) is 2.98. The number of likely N-dealkylation sites (tertiary alicyclic amines) is 1. The Morgan fingerprint density at radius 2 is 2.00 bits per heavy atom. The van der Waals surface area contributed by atoms with Crippen molar-refractivity contribution < 1.29 is 23.8 Å². The maximum absolute atomic E-state index is 12.8. The lowest BCUT2D eigenvalue weighted by atomic mass is 9.93. The molecule has 1 N–H and O–H groups in total. The predicted octanol–water partition coefficient (Wildman–Crippen LogP) is 3.30. The van der Waals surface area contributed by atoms with E-state index in [0.29, 0.717) is 37.6 Å². The number of ether oxygens (including phenoxy) is 3. The number of carbonyl (C=O) groups excluding carboxylic acids is 2. The molecule has 2 aromatic rings. The van der Waals surface area contributed by atoms with Gasteiger partial charge in [-0.3, -0.25) is 9.59 Å². The van der Waals surface area contributed by atoms with Gasteiger partial charge in [-0.1, -0.05) is 18.2 Å². The first-order chi connectivity index (χ1) is 15.6. The molecule has 0 spiro atoms. The quantitative estimate of drug-likeness (QED) is 0.684. The number of nitrogens with one attached hydrogen (secondary N) is 1. The molecule has 0 aromatic heterocycles. The fourth-order valence-corrected chi connectivity index (χ4v) is 4.27. The van der Waals surface area contributed by atoms with E-state index in [1.165, 1.54) is 0 Å². The van der Waals surface area contributed by atoms with Crippen LogP contribution in [0.3, 0.4) is 0 Å². The van der Waals surface area contributed by atoms with Gasteiger partial charge in [0.05, 0.1) is 13.5 Å². The van der Waals surface area contributed by atoms with Crippen molar-refractivity contribution in [3.05, 3.63) is 53.6 Å². The van der Waals surface area contributed by atoms with Gasteiger partial charge < -0.3 is 24.4 Å². The van der Waals surface area contributed by atoms with Crippen LogP contribution in [0.5, 0.6) is 17.2 Å². The summed E-state index contributed by atoms with van der Waals surface area (Å²) in [5.41, 5.74) is 1.94. The highest BCUT2D eigenvalue weighted by molar-refractivity contribution is 5.79. The van der Waals surface area contributed by atoms with Crippen LogP contribution in [0.15, 0.2) is 42.5 Å². The van der Waals surface area contributed by atoms with Gasteiger partial charge in [0, 0.05) is 26.1 Å². The normalized spacial score (nSPS) is 17.2. The standard InChI is InChI=1S/C25H30N2O5/c1-30-21-6-2-4-20(12-21)15-26-24(28)10-8-18-5-3-11-27(16-18)25(29)14-19-7-9-22-23(13-19)32-17-31-22/h2,4,6-7,9,12-13,18H,3,5,8,10-11,14-17H2,1H3,(H,26,28)/t18-/m1/s1. The smallest absolute Gasteiger partial charge is 0.231 e. The number of carbonyl (C=O) groups is 2. The Hall–Kier alpha value is -3.22. The van der Waals surface area contributed by atoms with Crippen molar-refractivity contribution in [3.63, 3.8) is 0 Å². The van der Waals surface area contributed by atoms with Crippen molar-refractivity contribution in [2.45, 2.75) is 38.6 Å². The fourth-order valence-electron chi connectivity index (χ4n) is 4.27. The van der Waals surface area contributed by atoms with Crippen LogP contribution < -0.4 is 19.5 Å². The van der Waals surface area contributed by atoms with Crippen molar-refractivity contribution in [2.24, 2.45) is 5.92 Å². The highest BCUT2D eigenvalue weighted by atomic mass is 16.7. The molecule has 2 aliphatic rings. The summed E-state index contributed by atoms with van der Waals surface area (Å²) in [6.07, 6.45) is 3.64. The Kier molecular flexibility index (Phi) is 7.14. The van der Waals surface area contributed by atoms with E-state index in [9.17, 15) is 9.59 Å². The molecule has 170 valence electrons. The largest absolute Gasteiger partial charge is 0.497 e. The number of methoxy groups -OCH3 is 1. The monoisotopic (exact) mass is 438 g/mol. The van der Waals surface area contributed by atoms with Crippen LogP contribution in [0.2, 0.25) is 0 Å². The summed E-state index contributed by atoms with van der Waals surface area (Å²) < 4.78 is 16.0. The maximum Gasteiger partial charge on any atom is 0.231 e. The highest BCUT2D eigenvalue weighted by Gasteiger charge is 2.24. The SMILES string of the molecule is COc1cccc(CNC(=O)CC[C@H]2CCCN(C(=O)Cc3ccc4c(c3)OCO4)C2)c1. The molecule has 7 heteroatoms. The van der Waals surface area contributed by atoms with E-state index in [4.69, 9.17) is 14.2 Å². The third-order valence-electron chi connectivity index (χ3n) is 6.07. The molecule has 2 heterocycles. The van der Waals surface area contributed by atoms with E-state index < -0.39 is 0 Å². The number of hydrogen-bond acceptors (Lipinski definition) is 5. The molecule has 0 radical (unpaired) electrons. The van der Waals surface area contributed by atoms with Crippen LogP contribution in [0.4, 0.5) is 0 Å². The molecule has 2 aromatic carbocycles. The molecular formula is C25H30N2O5. The van der Waals surface area contributed by atoms with Crippen molar-refractivity contribution in [1.82, 2.24) is 10.2 Å². The Morgan fingerprint density at radius 3 is 2.88 bits per heavy atom. The van der Waals surface area contributed by atoms with Gasteiger partial charge in [-0.15, -0.1) is 0 Å². The topological polar surface area (TPSA) is 77.1 Å². The average Bonchev–Trinajstić information content (AvgIpc) is 3.29. The summed E-state index contributed by atoms with van der Waals surface area (Å²) in [6, 6.07) is 13.3. The molecule has 0 unspecified atom stereocenters. The molecule has 1 fully saturated rings. The average molecular weight is 439 g/mol. The number of amides is 2. The minimum Gasteiger partial charge on any atom is -0.497 e. The lowest BCUT2D eigenvalue weighted by Crippen LogP contribution is -2.41. The van der Waals surface area contributed by atoms with Gasteiger partial charge in [0.2, 0.25) is 18.6 Å². The van der Waals surface area contributed by atoms with Crippen LogP contribution in [-0.4, -0.2) is 43.7 Å². The zero-order chi connectivity index (χ0) is 22.3. The number of benzene rings is 2. The first-order valence-corrected chi connectivity index (χ1v) is 11.2. The van der Waals surface area contributed by atoms with Gasteiger partial charge in [0.25, 0.3) is 0 Å². The molecule has 2 aliphatic heterocycles. The van der Waals surface area contributed by atoms with E-state index in [1.807, 2.05) is 47.4 Å². The van der Waals surface area contributed by atoms with E-state index in [1.54, 1.807) is 7.11 Å². The predicted molar refractivity (Wildman–Crippen MR) is 120 cm³/mol. The molecule has 1 saturated heterocycles. The number of fused-ring (bicyclic) bond motifs is 1. The zero-order valence-corrected chi connectivity index (χ0v) is 18.5. The molecule has 0 bridgehead atoms. The van der Waals surface area contributed by atoms with Crippen LogP contribution >= 0.6 is 0 Å². The minimum absolute atomic E-state index is 0.0385. The lowest BCUT2D eigenvalue weighted by Gasteiger charge is -2.33. The second-order valence-electron chi connectivity index (χ2n) is 8.38. The Morgan fingerprint density at radius 1 is 1.12 bits per heavy atom. The van der Waals surface area contributed by atoms with Crippen molar-refractivity contribution >= 4 is 11.8 Å². The van der Waals surface area contributed by atoms with Crippen LogP contribution in [0.1, 0.15) is 36.8 Å². The van der Waals surface area contributed by atoms with Gasteiger partial charge in [0.1, 0.15) is 5.75 Å². The molecule has 0 aliphatic carbocycles. The lowest BCUT2D eigenvalue weighted by molar-refractivity contribution is -0.132. The molecule has 4 rings (SSSR count). The third-order valence-corrected chi connectivity index (χ3v) is 6.07. The van der Waals surface area contributed by atoms with E-state index in [2.05, 4.69) is 5.32 Å². The molecule has 2 amide bonds. The maximum atomic E-state index is 12.8. The van der Waals surface area contributed by atoms with Gasteiger partial charge in [-0.05, 0) is 60.6 Å². The first kappa shape index (κ1) is 22.0. The third kappa shape index (κ3) is 5.72. The van der Waals surface area contributed by atoms with E-state index >= 15 is 0 Å². The summed E-state index contributed by atoms with van der Waals surface area (Å²) in [7, 11) is 1.63. The highest BCUT2D eigenvalue weighted by Crippen LogP contribution is 2.33. The summed E-state index contributed by atoms with van der Waals surface area (Å²) in [6.45, 7) is 2.21. The Balaban J connectivity index is 1.21. The second-order valence-corrected chi connectivity index (χ2v) is 8.38. The van der Waals surface area contributed by atoms with Gasteiger partial charge in [-0.2, -0.15) is 0 Å². The molecule has 1 atom stereocenters. The molecule has 0 saturated carbocycles. The summed E-state index contributed by atoms with van der Waals surface area (Å²) in [4.78, 5) is 27.1. The number of rotatable bonds is 8. The fraction of sp³-hybridized carbons (Fsp3) is 0.440. The first-order valence-electron chi connectivity index (χ1n) is 11.2. The van der Waals surface area contributed by atoms with Crippen LogP contribution in [0, 0.1) is 5.92 Å². The van der Waals surface area contributed by atoms with E-state index in [-0.39, 0.29) is 18.6 Å². The molecular weight excluding hydrogens is 408 g/mol. The zero-order valence-electron chi connectivity index (χ0n) is 18.5. The summed E-state index contributed by atoms with van der Waals surface area (Å²) >= 11 is 0. The summed E-state index contributed by atoms with van der Waals surface area (Å²) in [5.74, 6) is 2.72. The van der Waals surface area contributed by atoms with Crippen molar-refractivity contribution in [2.75, 3.05) is 27.0 Å². The Bertz CT molecular complexity index is 961. The Labute approximate surface area is 188 Å². The number of hydrogen-bond donors (Lipinski definition) is 1. The number of nitrogens with zero attached hydrogens (tertiary/aromatic N) is 1.